The van der Waals surface area contributed by atoms with Gasteiger partial charge in [-0.3, -0.25) is 0 Å². The zero-order valence-corrected chi connectivity index (χ0v) is 14.2. The Bertz CT molecular complexity index is 494. The Morgan fingerprint density at radius 2 is 1.15 bits per heavy atom. The molecule has 0 saturated heterocycles. The summed E-state index contributed by atoms with van der Waals surface area (Å²) in [5.41, 5.74) is 2.32. The Kier molecular flexibility index (Phi) is 6.73. The standard InChI is InChI=1S/C16H16Br2O2/c17-15-5-1-3-13(9-15)11-19-7-8-20-12-14-4-2-6-16(18)10-14/h1-6,9-10H,7-8,11-12H2. The molecule has 0 aliphatic carbocycles. The lowest BCUT2D eigenvalue weighted by Gasteiger charge is -2.07. The smallest absolute Gasteiger partial charge is 0.0718 e. The van der Waals surface area contributed by atoms with E-state index in [2.05, 4.69) is 44.0 Å². The summed E-state index contributed by atoms with van der Waals surface area (Å²) in [6, 6.07) is 16.2. The molecule has 0 aromatic heterocycles. The van der Waals surface area contributed by atoms with Gasteiger partial charge in [0.1, 0.15) is 0 Å². The highest BCUT2D eigenvalue weighted by atomic mass is 79.9. The zero-order valence-electron chi connectivity index (χ0n) is 11.0. The maximum Gasteiger partial charge on any atom is 0.0718 e. The molecule has 2 rings (SSSR count). The monoisotopic (exact) mass is 398 g/mol. The van der Waals surface area contributed by atoms with Crippen molar-refractivity contribution in [1.29, 1.82) is 0 Å². The minimum atomic E-state index is 0.598. The van der Waals surface area contributed by atoms with Gasteiger partial charge in [0, 0.05) is 8.95 Å². The number of hydrogen-bond acceptors (Lipinski definition) is 2. The number of halogens is 2. The summed E-state index contributed by atoms with van der Waals surface area (Å²) in [4.78, 5) is 0. The van der Waals surface area contributed by atoms with Crippen molar-refractivity contribution in [2.75, 3.05) is 13.2 Å². The van der Waals surface area contributed by atoms with Gasteiger partial charge in [0.2, 0.25) is 0 Å². The van der Waals surface area contributed by atoms with Gasteiger partial charge in [-0.1, -0.05) is 56.1 Å². The first-order chi connectivity index (χ1) is 9.74. The van der Waals surface area contributed by atoms with Crippen LogP contribution >= 0.6 is 31.9 Å². The first-order valence-electron chi connectivity index (χ1n) is 6.38. The molecule has 0 spiro atoms. The van der Waals surface area contributed by atoms with E-state index >= 15 is 0 Å². The highest BCUT2D eigenvalue weighted by molar-refractivity contribution is 9.10. The first-order valence-corrected chi connectivity index (χ1v) is 7.97. The Morgan fingerprint density at radius 3 is 1.55 bits per heavy atom. The normalized spacial score (nSPS) is 10.7. The van der Waals surface area contributed by atoms with E-state index in [9.17, 15) is 0 Å². The molecule has 0 aliphatic heterocycles. The van der Waals surface area contributed by atoms with E-state index < -0.39 is 0 Å². The number of rotatable bonds is 7. The van der Waals surface area contributed by atoms with Gasteiger partial charge in [0.05, 0.1) is 26.4 Å². The van der Waals surface area contributed by atoms with Crippen molar-refractivity contribution in [2.45, 2.75) is 13.2 Å². The summed E-state index contributed by atoms with van der Waals surface area (Å²) in [6.07, 6.45) is 0. The van der Waals surface area contributed by atoms with E-state index in [1.54, 1.807) is 0 Å². The third-order valence-corrected chi connectivity index (χ3v) is 3.67. The van der Waals surface area contributed by atoms with Crippen LogP contribution in [0.15, 0.2) is 57.5 Å². The Morgan fingerprint density at radius 1 is 0.700 bits per heavy atom. The van der Waals surface area contributed by atoms with Gasteiger partial charge < -0.3 is 9.47 Å². The molecule has 0 amide bonds. The quantitative estimate of drug-likeness (QED) is 0.613. The topological polar surface area (TPSA) is 18.5 Å². The second kappa shape index (κ2) is 8.57. The van der Waals surface area contributed by atoms with Crippen LogP contribution < -0.4 is 0 Å². The second-order valence-electron chi connectivity index (χ2n) is 4.37. The van der Waals surface area contributed by atoms with Crippen LogP contribution in [0.2, 0.25) is 0 Å². The van der Waals surface area contributed by atoms with Gasteiger partial charge in [-0.25, -0.2) is 0 Å². The molecule has 0 fully saturated rings. The lowest BCUT2D eigenvalue weighted by Crippen LogP contribution is -2.04. The van der Waals surface area contributed by atoms with Crippen LogP contribution in [-0.4, -0.2) is 13.2 Å². The lowest BCUT2D eigenvalue weighted by molar-refractivity contribution is 0.0338. The van der Waals surface area contributed by atoms with Crippen molar-refractivity contribution >= 4 is 31.9 Å². The van der Waals surface area contributed by atoms with Crippen LogP contribution in [0.4, 0.5) is 0 Å². The molecule has 4 heteroatoms. The van der Waals surface area contributed by atoms with Gasteiger partial charge in [0.25, 0.3) is 0 Å². The van der Waals surface area contributed by atoms with E-state index in [0.29, 0.717) is 26.4 Å². The third-order valence-electron chi connectivity index (χ3n) is 2.69. The molecule has 0 atom stereocenters. The third kappa shape index (κ3) is 5.75. The molecular weight excluding hydrogens is 384 g/mol. The van der Waals surface area contributed by atoms with E-state index in [4.69, 9.17) is 9.47 Å². The predicted molar refractivity (Wildman–Crippen MR) is 87.6 cm³/mol. The highest BCUT2D eigenvalue weighted by Crippen LogP contribution is 2.13. The summed E-state index contributed by atoms with van der Waals surface area (Å²) < 4.78 is 13.3. The molecule has 106 valence electrons. The number of benzene rings is 2. The molecule has 0 unspecified atom stereocenters. The molecule has 0 bridgehead atoms. The first kappa shape index (κ1) is 15.7. The highest BCUT2D eigenvalue weighted by Gasteiger charge is 1.96. The molecular formula is C16H16Br2O2. The van der Waals surface area contributed by atoms with Crippen LogP contribution in [-0.2, 0) is 22.7 Å². The van der Waals surface area contributed by atoms with Crippen molar-refractivity contribution in [1.82, 2.24) is 0 Å². The fourth-order valence-corrected chi connectivity index (χ4v) is 2.64. The number of hydrogen-bond donors (Lipinski definition) is 0. The largest absolute Gasteiger partial charge is 0.374 e. The minimum absolute atomic E-state index is 0.598. The summed E-state index contributed by atoms with van der Waals surface area (Å²) in [5, 5.41) is 0. The second-order valence-corrected chi connectivity index (χ2v) is 6.20. The van der Waals surface area contributed by atoms with Crippen LogP contribution in [0.3, 0.4) is 0 Å². The summed E-state index contributed by atoms with van der Waals surface area (Å²) in [6.45, 7) is 2.42. The molecule has 0 aliphatic rings. The summed E-state index contributed by atoms with van der Waals surface area (Å²) >= 11 is 6.89. The van der Waals surface area contributed by atoms with E-state index in [1.165, 1.54) is 0 Å². The Hall–Kier alpha value is -0.680. The van der Waals surface area contributed by atoms with Crippen LogP contribution in [0.1, 0.15) is 11.1 Å². The summed E-state index contributed by atoms with van der Waals surface area (Å²) in [5.74, 6) is 0. The SMILES string of the molecule is Brc1cccc(COCCOCc2cccc(Br)c2)c1. The molecule has 0 N–H and O–H groups in total. The average molecular weight is 400 g/mol. The predicted octanol–water partition coefficient (Wildman–Crippen LogP) is 4.95. The molecule has 0 radical (unpaired) electrons. The van der Waals surface area contributed by atoms with Crippen molar-refractivity contribution in [3.63, 3.8) is 0 Å². The van der Waals surface area contributed by atoms with E-state index in [1.807, 2.05) is 36.4 Å². The van der Waals surface area contributed by atoms with Gasteiger partial charge in [-0.15, -0.1) is 0 Å². The average Bonchev–Trinajstić information content (AvgIpc) is 2.43. The van der Waals surface area contributed by atoms with Gasteiger partial charge in [-0.2, -0.15) is 0 Å². The summed E-state index contributed by atoms with van der Waals surface area (Å²) in [7, 11) is 0. The minimum Gasteiger partial charge on any atom is -0.374 e. The van der Waals surface area contributed by atoms with E-state index in [0.717, 1.165) is 20.1 Å². The fourth-order valence-electron chi connectivity index (χ4n) is 1.75. The van der Waals surface area contributed by atoms with Gasteiger partial charge in [-0.05, 0) is 35.4 Å². The maximum atomic E-state index is 5.58. The van der Waals surface area contributed by atoms with Crippen LogP contribution in [0.25, 0.3) is 0 Å². The maximum absolute atomic E-state index is 5.58. The van der Waals surface area contributed by atoms with Crippen LogP contribution in [0, 0.1) is 0 Å². The molecule has 2 nitrogen and oxygen atoms in total. The fraction of sp³-hybridized carbons (Fsp3) is 0.250. The lowest BCUT2D eigenvalue weighted by atomic mass is 10.2. The van der Waals surface area contributed by atoms with Crippen molar-refractivity contribution in [2.24, 2.45) is 0 Å². The molecule has 0 saturated carbocycles. The van der Waals surface area contributed by atoms with Gasteiger partial charge >= 0.3 is 0 Å². The van der Waals surface area contributed by atoms with E-state index in [-0.39, 0.29) is 0 Å². The molecule has 2 aromatic carbocycles. The molecule has 0 heterocycles. The van der Waals surface area contributed by atoms with Crippen molar-refractivity contribution in [3.8, 4) is 0 Å². The number of ether oxygens (including phenoxy) is 2. The molecule has 2 aromatic rings. The Balaban J connectivity index is 1.60. The van der Waals surface area contributed by atoms with Crippen molar-refractivity contribution in [3.05, 3.63) is 68.6 Å². The van der Waals surface area contributed by atoms with Crippen LogP contribution in [0.5, 0.6) is 0 Å². The van der Waals surface area contributed by atoms with Gasteiger partial charge in [0.15, 0.2) is 0 Å². The zero-order chi connectivity index (χ0) is 14.2. The Labute approximate surface area is 136 Å². The van der Waals surface area contributed by atoms with Crippen molar-refractivity contribution < 1.29 is 9.47 Å². The molecule has 20 heavy (non-hydrogen) atoms.